The molecule has 0 spiro atoms. The number of likely N-dealkylation sites (tertiary alicyclic amines) is 1. The summed E-state index contributed by atoms with van der Waals surface area (Å²) in [4.78, 5) is 6.99. The Hall–Kier alpha value is -0.790. The van der Waals surface area contributed by atoms with Crippen LogP contribution in [-0.2, 0) is 0 Å². The Labute approximate surface area is 93.1 Å². The molecule has 0 bridgehead atoms. The van der Waals surface area contributed by atoms with Gasteiger partial charge in [0, 0.05) is 25.2 Å². The van der Waals surface area contributed by atoms with E-state index < -0.39 is 0 Å². The van der Waals surface area contributed by atoms with Gasteiger partial charge in [-0.1, -0.05) is 13.8 Å². The first-order valence-electron chi connectivity index (χ1n) is 6.44. The van der Waals surface area contributed by atoms with Crippen LogP contribution in [0.25, 0.3) is 0 Å². The quantitative estimate of drug-likeness (QED) is 0.644. The molecular formula is C13H22N2. The van der Waals surface area contributed by atoms with Crippen molar-refractivity contribution in [2.45, 2.75) is 39.5 Å². The topological polar surface area (TPSA) is 15.6 Å². The molecule has 15 heavy (non-hydrogen) atoms. The van der Waals surface area contributed by atoms with Gasteiger partial charge in [-0.25, -0.2) is 4.99 Å². The van der Waals surface area contributed by atoms with Crippen LogP contribution in [0.3, 0.4) is 0 Å². The van der Waals surface area contributed by atoms with E-state index in [9.17, 15) is 0 Å². The van der Waals surface area contributed by atoms with Crippen LogP contribution in [0.15, 0.2) is 16.9 Å². The summed E-state index contributed by atoms with van der Waals surface area (Å²) in [7, 11) is 0. The van der Waals surface area contributed by atoms with E-state index >= 15 is 0 Å². The molecule has 2 heteroatoms. The first-order valence-corrected chi connectivity index (χ1v) is 6.44. The molecule has 0 aromatic heterocycles. The van der Waals surface area contributed by atoms with Crippen molar-refractivity contribution in [3.63, 3.8) is 0 Å². The zero-order chi connectivity index (χ0) is 10.7. The number of allylic oxidation sites excluding steroid dienone is 1. The molecule has 1 saturated heterocycles. The number of hydrogen-bond acceptors (Lipinski definition) is 2. The van der Waals surface area contributed by atoms with Crippen molar-refractivity contribution in [2.24, 2.45) is 16.8 Å². The summed E-state index contributed by atoms with van der Waals surface area (Å²) in [6.45, 7) is 6.45. The van der Waals surface area contributed by atoms with E-state index in [4.69, 9.17) is 0 Å². The van der Waals surface area contributed by atoms with Crippen molar-refractivity contribution < 1.29 is 0 Å². The van der Waals surface area contributed by atoms with Crippen LogP contribution < -0.4 is 0 Å². The Balaban J connectivity index is 0.000000404. The molecule has 84 valence electrons. The predicted octanol–water partition coefficient (Wildman–Crippen LogP) is 3.06. The molecule has 1 saturated carbocycles. The standard InChI is InChI=1S/C11H16N2.C2H6/c1-2-4-13(5-3-1)11-7-9-6-10(9)8-12-11;1-2/h7-10H,1-6H2;1-2H3. The second kappa shape index (κ2) is 4.82. The van der Waals surface area contributed by atoms with E-state index in [2.05, 4.69) is 22.2 Å². The van der Waals surface area contributed by atoms with Crippen LogP contribution in [0, 0.1) is 11.8 Å². The SMILES string of the molecule is C1=NC(N2CCCCC2)=CC2CC12.CC. The van der Waals surface area contributed by atoms with Gasteiger partial charge in [-0.15, -0.1) is 0 Å². The fraction of sp³-hybridized carbons (Fsp3) is 0.769. The number of hydrogen-bond donors (Lipinski definition) is 0. The summed E-state index contributed by atoms with van der Waals surface area (Å²) in [5.41, 5.74) is 0. The van der Waals surface area contributed by atoms with Gasteiger partial charge in [0.15, 0.2) is 0 Å². The van der Waals surface area contributed by atoms with Gasteiger partial charge >= 0.3 is 0 Å². The molecule has 3 aliphatic rings. The highest BCUT2D eigenvalue weighted by molar-refractivity contribution is 5.68. The number of nitrogens with zero attached hydrogens (tertiary/aromatic N) is 2. The van der Waals surface area contributed by atoms with Gasteiger partial charge in [0.25, 0.3) is 0 Å². The third-order valence-electron chi connectivity index (χ3n) is 3.33. The molecule has 2 heterocycles. The molecule has 2 nitrogen and oxygen atoms in total. The molecule has 2 atom stereocenters. The lowest BCUT2D eigenvalue weighted by Crippen LogP contribution is -2.29. The van der Waals surface area contributed by atoms with Crippen molar-refractivity contribution in [1.29, 1.82) is 0 Å². The second-order valence-electron chi connectivity index (χ2n) is 4.41. The maximum absolute atomic E-state index is 4.54. The summed E-state index contributed by atoms with van der Waals surface area (Å²) in [5.74, 6) is 2.90. The van der Waals surface area contributed by atoms with Gasteiger partial charge < -0.3 is 4.90 Å². The molecule has 2 fully saturated rings. The van der Waals surface area contributed by atoms with E-state index in [1.165, 1.54) is 44.6 Å². The Morgan fingerprint density at radius 1 is 1.13 bits per heavy atom. The second-order valence-corrected chi connectivity index (χ2v) is 4.41. The fourth-order valence-corrected chi connectivity index (χ4v) is 2.32. The maximum atomic E-state index is 4.54. The smallest absolute Gasteiger partial charge is 0.124 e. The predicted molar refractivity (Wildman–Crippen MR) is 64.9 cm³/mol. The van der Waals surface area contributed by atoms with E-state index in [0.717, 1.165) is 11.8 Å². The molecule has 0 aromatic rings. The zero-order valence-corrected chi connectivity index (χ0v) is 9.95. The molecule has 0 amide bonds. The summed E-state index contributed by atoms with van der Waals surface area (Å²) >= 11 is 0. The van der Waals surface area contributed by atoms with E-state index in [0.29, 0.717) is 0 Å². The normalized spacial score (nSPS) is 32.4. The molecule has 2 aliphatic heterocycles. The van der Waals surface area contributed by atoms with Gasteiger partial charge in [-0.3, -0.25) is 0 Å². The van der Waals surface area contributed by atoms with Gasteiger partial charge in [0.2, 0.25) is 0 Å². The summed E-state index contributed by atoms with van der Waals surface area (Å²) < 4.78 is 0. The monoisotopic (exact) mass is 206 g/mol. The summed E-state index contributed by atoms with van der Waals surface area (Å²) in [6, 6.07) is 0. The number of fused-ring (bicyclic) bond motifs is 1. The van der Waals surface area contributed by atoms with Crippen LogP contribution in [0.1, 0.15) is 39.5 Å². The lowest BCUT2D eigenvalue weighted by molar-refractivity contribution is 0.281. The molecular weight excluding hydrogens is 184 g/mol. The van der Waals surface area contributed by atoms with Gasteiger partial charge in [0.1, 0.15) is 5.82 Å². The van der Waals surface area contributed by atoms with Crippen molar-refractivity contribution in [1.82, 2.24) is 4.90 Å². The fourth-order valence-electron chi connectivity index (χ4n) is 2.32. The Bertz CT molecular complexity index is 262. The van der Waals surface area contributed by atoms with Crippen LogP contribution in [0.4, 0.5) is 0 Å². The Kier molecular flexibility index (Phi) is 3.45. The summed E-state index contributed by atoms with van der Waals surface area (Å²) in [5, 5.41) is 0. The third-order valence-corrected chi connectivity index (χ3v) is 3.33. The van der Waals surface area contributed by atoms with E-state index in [-0.39, 0.29) is 0 Å². The minimum Gasteiger partial charge on any atom is -0.357 e. The third kappa shape index (κ3) is 2.42. The van der Waals surface area contributed by atoms with Crippen LogP contribution in [0.2, 0.25) is 0 Å². The van der Waals surface area contributed by atoms with Crippen LogP contribution in [0.5, 0.6) is 0 Å². The average Bonchev–Trinajstić information content (AvgIpc) is 3.11. The lowest BCUT2D eigenvalue weighted by atomic mass is 10.1. The van der Waals surface area contributed by atoms with Gasteiger partial charge in [0.05, 0.1) is 0 Å². The number of aliphatic imine (C=N–C) groups is 1. The van der Waals surface area contributed by atoms with Gasteiger partial charge in [-0.05, 0) is 37.7 Å². The first-order chi connectivity index (χ1) is 7.43. The largest absolute Gasteiger partial charge is 0.357 e. The average molecular weight is 206 g/mol. The Morgan fingerprint density at radius 2 is 1.87 bits per heavy atom. The minimum atomic E-state index is 0.800. The lowest BCUT2D eigenvalue weighted by Gasteiger charge is -2.29. The van der Waals surface area contributed by atoms with Crippen molar-refractivity contribution in [3.8, 4) is 0 Å². The molecule has 0 aromatic carbocycles. The number of rotatable bonds is 1. The highest BCUT2D eigenvalue weighted by Crippen LogP contribution is 2.42. The maximum Gasteiger partial charge on any atom is 0.124 e. The minimum absolute atomic E-state index is 0.800. The van der Waals surface area contributed by atoms with Crippen molar-refractivity contribution >= 4 is 6.21 Å². The first kappa shape index (κ1) is 10.7. The molecule has 0 radical (unpaired) electrons. The van der Waals surface area contributed by atoms with Gasteiger partial charge in [-0.2, -0.15) is 0 Å². The number of piperidine rings is 1. The zero-order valence-electron chi connectivity index (χ0n) is 9.95. The van der Waals surface area contributed by atoms with Crippen LogP contribution in [-0.4, -0.2) is 24.2 Å². The van der Waals surface area contributed by atoms with Crippen molar-refractivity contribution in [2.75, 3.05) is 13.1 Å². The van der Waals surface area contributed by atoms with Crippen LogP contribution >= 0.6 is 0 Å². The molecule has 0 N–H and O–H groups in total. The van der Waals surface area contributed by atoms with Crippen molar-refractivity contribution in [3.05, 3.63) is 11.9 Å². The highest BCUT2D eigenvalue weighted by atomic mass is 15.2. The Morgan fingerprint density at radius 3 is 2.53 bits per heavy atom. The highest BCUT2D eigenvalue weighted by Gasteiger charge is 2.37. The molecule has 1 aliphatic carbocycles. The molecule has 3 rings (SSSR count). The molecule has 2 unspecified atom stereocenters. The van der Waals surface area contributed by atoms with E-state index in [1.54, 1.807) is 0 Å². The van der Waals surface area contributed by atoms with E-state index in [1.807, 2.05) is 13.8 Å². The summed E-state index contributed by atoms with van der Waals surface area (Å²) in [6.07, 6.45) is 9.99.